The zero-order valence-corrected chi connectivity index (χ0v) is 11.3. The zero-order chi connectivity index (χ0) is 12.5. The van der Waals surface area contributed by atoms with Crippen LogP contribution in [0.4, 0.5) is 5.95 Å². The molecule has 0 saturated carbocycles. The van der Waals surface area contributed by atoms with Gasteiger partial charge in [0.05, 0.1) is 6.61 Å². The molecule has 0 saturated heterocycles. The largest absolute Gasteiger partial charge is 0.478 e. The summed E-state index contributed by atoms with van der Waals surface area (Å²) in [5.74, 6) is 1.96. The van der Waals surface area contributed by atoms with E-state index in [1.54, 1.807) is 0 Å². The molecule has 1 rings (SSSR count). The number of halogens is 1. The number of unbranched alkanes of at least 4 members (excludes halogenated alkanes) is 1. The van der Waals surface area contributed by atoms with Crippen molar-refractivity contribution in [3.8, 4) is 5.88 Å². The summed E-state index contributed by atoms with van der Waals surface area (Å²) in [5.41, 5.74) is 0.908. The van der Waals surface area contributed by atoms with E-state index < -0.39 is 0 Å². The molecular formula is C12H20ClN3O. The Morgan fingerprint density at radius 2 is 2.18 bits per heavy atom. The van der Waals surface area contributed by atoms with Crippen LogP contribution in [0.5, 0.6) is 5.88 Å². The Labute approximate surface area is 108 Å². The molecule has 0 fully saturated rings. The van der Waals surface area contributed by atoms with Gasteiger partial charge in [-0.05, 0) is 26.2 Å². The van der Waals surface area contributed by atoms with Gasteiger partial charge in [0.15, 0.2) is 0 Å². The molecule has 0 unspecified atom stereocenters. The highest BCUT2D eigenvalue weighted by molar-refractivity contribution is 6.17. The molecule has 0 aliphatic carbocycles. The summed E-state index contributed by atoms with van der Waals surface area (Å²) in [6, 6.07) is 1.85. The first kappa shape index (κ1) is 14.0. The predicted molar refractivity (Wildman–Crippen MR) is 71.0 cm³/mol. The molecule has 4 nitrogen and oxygen atoms in total. The number of ether oxygens (including phenoxy) is 1. The second kappa shape index (κ2) is 8.12. The summed E-state index contributed by atoms with van der Waals surface area (Å²) in [7, 11) is 0. The Hall–Kier alpha value is -1.03. The fraction of sp³-hybridized carbons (Fsp3) is 0.667. The van der Waals surface area contributed by atoms with Crippen LogP contribution in [0.1, 0.15) is 31.9 Å². The van der Waals surface area contributed by atoms with Crippen LogP contribution < -0.4 is 10.1 Å². The quantitative estimate of drug-likeness (QED) is 0.575. The van der Waals surface area contributed by atoms with E-state index in [4.69, 9.17) is 16.3 Å². The summed E-state index contributed by atoms with van der Waals surface area (Å²) in [4.78, 5) is 8.60. The third-order valence-corrected chi connectivity index (χ3v) is 2.40. The van der Waals surface area contributed by atoms with Crippen molar-refractivity contribution in [2.24, 2.45) is 0 Å². The van der Waals surface area contributed by atoms with Crippen LogP contribution in [0.25, 0.3) is 0 Å². The maximum absolute atomic E-state index is 5.61. The summed E-state index contributed by atoms with van der Waals surface area (Å²) >= 11 is 5.61. The lowest BCUT2D eigenvalue weighted by molar-refractivity contribution is 0.305. The maximum atomic E-state index is 5.61. The second-order valence-electron chi connectivity index (χ2n) is 3.84. The van der Waals surface area contributed by atoms with Crippen molar-refractivity contribution in [3.05, 3.63) is 11.8 Å². The first-order valence-corrected chi connectivity index (χ1v) is 6.58. The van der Waals surface area contributed by atoms with Gasteiger partial charge in [0, 0.05) is 24.2 Å². The molecule has 5 heteroatoms. The Morgan fingerprint density at radius 3 is 2.88 bits per heavy atom. The van der Waals surface area contributed by atoms with Crippen LogP contribution in [0, 0.1) is 6.92 Å². The van der Waals surface area contributed by atoms with Gasteiger partial charge in [0.25, 0.3) is 0 Å². The number of rotatable bonds is 8. The number of hydrogen-bond donors (Lipinski definition) is 1. The van der Waals surface area contributed by atoms with Crippen LogP contribution >= 0.6 is 11.6 Å². The number of aryl methyl sites for hydroxylation is 1. The smallest absolute Gasteiger partial charge is 0.226 e. The molecule has 1 N–H and O–H groups in total. The third-order valence-electron chi connectivity index (χ3n) is 2.13. The first-order valence-electron chi connectivity index (χ1n) is 6.04. The monoisotopic (exact) mass is 257 g/mol. The van der Waals surface area contributed by atoms with E-state index in [1.165, 1.54) is 0 Å². The number of alkyl halides is 1. The molecule has 17 heavy (non-hydrogen) atoms. The fourth-order valence-electron chi connectivity index (χ4n) is 1.32. The summed E-state index contributed by atoms with van der Waals surface area (Å²) < 4.78 is 5.49. The lowest BCUT2D eigenvalue weighted by Gasteiger charge is -2.08. The van der Waals surface area contributed by atoms with Crippen LogP contribution in [-0.2, 0) is 0 Å². The highest BCUT2D eigenvalue weighted by atomic mass is 35.5. The fourth-order valence-corrected chi connectivity index (χ4v) is 1.51. The Bertz CT molecular complexity index is 334. The van der Waals surface area contributed by atoms with E-state index in [1.807, 2.05) is 13.0 Å². The number of anilines is 1. The van der Waals surface area contributed by atoms with Crippen LogP contribution in [0.15, 0.2) is 6.07 Å². The average molecular weight is 258 g/mol. The SMILES string of the molecule is CCCOc1cc(C)nc(NCCCCCl)n1. The van der Waals surface area contributed by atoms with Crippen LogP contribution in [0.3, 0.4) is 0 Å². The highest BCUT2D eigenvalue weighted by Gasteiger charge is 2.02. The van der Waals surface area contributed by atoms with Gasteiger partial charge in [-0.25, -0.2) is 4.98 Å². The standard InChI is InChI=1S/C12H20ClN3O/c1-3-8-17-11-9-10(2)15-12(16-11)14-7-5-4-6-13/h9H,3-8H2,1-2H3,(H,14,15,16). The molecule has 0 atom stereocenters. The molecule has 0 aromatic carbocycles. The van der Waals surface area contributed by atoms with Crippen molar-refractivity contribution >= 4 is 17.5 Å². The van der Waals surface area contributed by atoms with Crippen molar-refractivity contribution in [1.29, 1.82) is 0 Å². The summed E-state index contributed by atoms with van der Waals surface area (Å²) in [6.45, 7) is 5.52. The minimum Gasteiger partial charge on any atom is -0.478 e. The second-order valence-corrected chi connectivity index (χ2v) is 4.22. The molecule has 0 amide bonds. The van der Waals surface area contributed by atoms with Gasteiger partial charge in [-0.15, -0.1) is 11.6 Å². The van der Waals surface area contributed by atoms with Gasteiger partial charge in [0.2, 0.25) is 11.8 Å². The number of hydrogen-bond acceptors (Lipinski definition) is 4. The number of aromatic nitrogens is 2. The Kier molecular flexibility index (Phi) is 6.70. The topological polar surface area (TPSA) is 47.0 Å². The molecule has 96 valence electrons. The number of nitrogens with one attached hydrogen (secondary N) is 1. The van der Waals surface area contributed by atoms with Crippen molar-refractivity contribution in [2.75, 3.05) is 24.3 Å². The molecule has 0 spiro atoms. The maximum Gasteiger partial charge on any atom is 0.226 e. The van der Waals surface area contributed by atoms with Crippen LogP contribution in [0.2, 0.25) is 0 Å². The third kappa shape index (κ3) is 5.73. The average Bonchev–Trinajstić information content (AvgIpc) is 2.31. The van der Waals surface area contributed by atoms with E-state index in [2.05, 4.69) is 22.2 Å². The van der Waals surface area contributed by atoms with Gasteiger partial charge in [-0.1, -0.05) is 6.92 Å². The van der Waals surface area contributed by atoms with E-state index >= 15 is 0 Å². The van der Waals surface area contributed by atoms with Gasteiger partial charge >= 0.3 is 0 Å². The molecule has 1 aromatic heterocycles. The van der Waals surface area contributed by atoms with E-state index in [-0.39, 0.29) is 0 Å². The zero-order valence-electron chi connectivity index (χ0n) is 10.5. The predicted octanol–water partition coefficient (Wildman–Crippen LogP) is 3.00. The van der Waals surface area contributed by atoms with Crippen LogP contribution in [-0.4, -0.2) is 29.0 Å². The summed E-state index contributed by atoms with van der Waals surface area (Å²) in [5, 5.41) is 3.18. The molecule has 0 radical (unpaired) electrons. The molecule has 0 bridgehead atoms. The van der Waals surface area contributed by atoms with Gasteiger partial charge < -0.3 is 10.1 Å². The van der Waals surface area contributed by atoms with Crippen molar-refractivity contribution in [2.45, 2.75) is 33.1 Å². The number of nitrogens with zero attached hydrogens (tertiary/aromatic N) is 2. The van der Waals surface area contributed by atoms with E-state index in [9.17, 15) is 0 Å². The minimum atomic E-state index is 0.630. The normalized spacial score (nSPS) is 10.3. The first-order chi connectivity index (χ1) is 8.26. The van der Waals surface area contributed by atoms with Gasteiger partial charge in [-0.3, -0.25) is 0 Å². The molecule has 1 aromatic rings. The van der Waals surface area contributed by atoms with E-state index in [0.29, 0.717) is 24.3 Å². The van der Waals surface area contributed by atoms with Crippen molar-refractivity contribution in [1.82, 2.24) is 9.97 Å². The van der Waals surface area contributed by atoms with Gasteiger partial charge in [0.1, 0.15) is 0 Å². The Balaban J connectivity index is 2.50. The summed E-state index contributed by atoms with van der Waals surface area (Å²) in [6.07, 6.45) is 2.99. The molecular weight excluding hydrogens is 238 g/mol. The molecule has 0 aliphatic rings. The van der Waals surface area contributed by atoms with Gasteiger partial charge in [-0.2, -0.15) is 4.98 Å². The van der Waals surface area contributed by atoms with E-state index in [0.717, 1.165) is 31.5 Å². The Morgan fingerprint density at radius 1 is 1.35 bits per heavy atom. The highest BCUT2D eigenvalue weighted by Crippen LogP contribution is 2.12. The minimum absolute atomic E-state index is 0.630. The van der Waals surface area contributed by atoms with Crippen molar-refractivity contribution in [3.63, 3.8) is 0 Å². The lowest BCUT2D eigenvalue weighted by atomic mass is 10.3. The lowest BCUT2D eigenvalue weighted by Crippen LogP contribution is -2.08. The van der Waals surface area contributed by atoms with Crippen molar-refractivity contribution < 1.29 is 4.74 Å². The molecule has 1 heterocycles. The molecule has 0 aliphatic heterocycles.